The molecule has 0 aliphatic carbocycles. The molecule has 5 heteroatoms. The lowest BCUT2D eigenvalue weighted by atomic mass is 10.2. The van der Waals surface area contributed by atoms with Crippen LogP contribution in [0.1, 0.15) is 0 Å². The first-order valence-electron chi connectivity index (χ1n) is 2.88. The number of hydrogen-bond donors (Lipinski definition) is 0. The van der Waals surface area contributed by atoms with Crippen molar-refractivity contribution in [3.63, 3.8) is 0 Å². The summed E-state index contributed by atoms with van der Waals surface area (Å²) in [5, 5.41) is 0. The Morgan fingerprint density at radius 2 is 2.30 bits per heavy atom. The summed E-state index contributed by atoms with van der Waals surface area (Å²) in [6.07, 6.45) is 3.48. The van der Waals surface area contributed by atoms with Crippen molar-refractivity contribution in [3.8, 4) is 0 Å². The third-order valence-corrected chi connectivity index (χ3v) is 1.81. The standard InChI is InChI=1S/C5H10O3P2/c9-7-3-5-4(8-10)1-2-6-5/h1-2,4-5H,3,9-10H2/t4-,5?/m1/s1. The van der Waals surface area contributed by atoms with Gasteiger partial charge in [0.1, 0.15) is 6.10 Å². The third kappa shape index (κ3) is 1.90. The maximum Gasteiger partial charge on any atom is 0.151 e. The summed E-state index contributed by atoms with van der Waals surface area (Å²) in [6.45, 7) is 0.525. The molecule has 0 aromatic carbocycles. The van der Waals surface area contributed by atoms with Crippen molar-refractivity contribution in [2.24, 2.45) is 0 Å². The van der Waals surface area contributed by atoms with Crippen LogP contribution < -0.4 is 0 Å². The van der Waals surface area contributed by atoms with Gasteiger partial charge in [0.05, 0.1) is 12.9 Å². The van der Waals surface area contributed by atoms with Crippen LogP contribution in [0.15, 0.2) is 12.3 Å². The van der Waals surface area contributed by atoms with Crippen molar-refractivity contribution in [3.05, 3.63) is 12.3 Å². The minimum absolute atomic E-state index is 0.00463. The molecule has 0 aromatic heterocycles. The lowest BCUT2D eigenvalue weighted by molar-refractivity contribution is 0.0534. The van der Waals surface area contributed by atoms with Crippen LogP contribution in [-0.4, -0.2) is 18.8 Å². The van der Waals surface area contributed by atoms with E-state index in [0.29, 0.717) is 6.61 Å². The van der Waals surface area contributed by atoms with Gasteiger partial charge in [0, 0.05) is 18.9 Å². The van der Waals surface area contributed by atoms with Crippen LogP contribution in [0.4, 0.5) is 0 Å². The molecular formula is C5H10O3P2. The molecule has 4 atom stereocenters. The molecule has 0 N–H and O–H groups in total. The van der Waals surface area contributed by atoms with Gasteiger partial charge in [-0.1, -0.05) is 0 Å². The molecule has 0 aromatic rings. The Hall–Kier alpha value is 0.320. The minimum Gasteiger partial charge on any atom is -0.493 e. The molecular weight excluding hydrogens is 170 g/mol. The predicted octanol–water partition coefficient (Wildman–Crippen LogP) is 0.881. The van der Waals surface area contributed by atoms with Crippen LogP contribution in [0, 0.1) is 0 Å². The first kappa shape index (κ1) is 8.42. The lowest BCUT2D eigenvalue weighted by Crippen LogP contribution is -2.25. The van der Waals surface area contributed by atoms with Crippen molar-refractivity contribution in [2.75, 3.05) is 6.61 Å². The maximum absolute atomic E-state index is 5.14. The van der Waals surface area contributed by atoms with Crippen molar-refractivity contribution in [1.82, 2.24) is 0 Å². The van der Waals surface area contributed by atoms with Crippen LogP contribution >= 0.6 is 18.9 Å². The molecule has 0 fully saturated rings. The average Bonchev–Trinajstić information content (AvgIpc) is 2.36. The van der Waals surface area contributed by atoms with E-state index in [1.165, 1.54) is 0 Å². The van der Waals surface area contributed by atoms with Crippen LogP contribution in [0.2, 0.25) is 0 Å². The lowest BCUT2D eigenvalue weighted by Gasteiger charge is -2.15. The quantitative estimate of drug-likeness (QED) is 0.603. The molecule has 58 valence electrons. The highest BCUT2D eigenvalue weighted by Gasteiger charge is 2.23. The highest BCUT2D eigenvalue weighted by Crippen LogP contribution is 2.16. The van der Waals surface area contributed by atoms with Gasteiger partial charge in [0.25, 0.3) is 0 Å². The van der Waals surface area contributed by atoms with E-state index in [1.807, 2.05) is 6.08 Å². The summed E-state index contributed by atoms with van der Waals surface area (Å²) >= 11 is 0. The van der Waals surface area contributed by atoms with Gasteiger partial charge in [-0.2, -0.15) is 0 Å². The molecule has 1 rings (SSSR count). The van der Waals surface area contributed by atoms with Crippen molar-refractivity contribution < 1.29 is 13.8 Å². The highest BCUT2D eigenvalue weighted by molar-refractivity contribution is 7.10. The predicted molar refractivity (Wildman–Crippen MR) is 44.3 cm³/mol. The summed E-state index contributed by atoms with van der Waals surface area (Å²) in [6, 6.07) is 0. The summed E-state index contributed by atoms with van der Waals surface area (Å²) in [5.41, 5.74) is 0. The number of ether oxygens (including phenoxy) is 1. The Bertz CT molecular complexity index is 128. The summed E-state index contributed by atoms with van der Waals surface area (Å²) in [5.74, 6) is 0. The smallest absolute Gasteiger partial charge is 0.151 e. The molecule has 0 saturated heterocycles. The van der Waals surface area contributed by atoms with E-state index in [-0.39, 0.29) is 12.2 Å². The molecule has 0 amide bonds. The second-order valence-electron chi connectivity index (χ2n) is 1.94. The molecule has 0 saturated carbocycles. The molecule has 1 heterocycles. The monoisotopic (exact) mass is 180 g/mol. The fraction of sp³-hybridized carbons (Fsp3) is 0.600. The van der Waals surface area contributed by atoms with Gasteiger partial charge in [-0.15, -0.1) is 0 Å². The second kappa shape index (κ2) is 4.25. The molecule has 0 radical (unpaired) electrons. The Balaban J connectivity index is 2.32. The zero-order valence-electron chi connectivity index (χ0n) is 5.40. The van der Waals surface area contributed by atoms with Crippen molar-refractivity contribution >= 4 is 18.9 Å². The van der Waals surface area contributed by atoms with E-state index >= 15 is 0 Å². The van der Waals surface area contributed by atoms with E-state index in [0.717, 1.165) is 0 Å². The van der Waals surface area contributed by atoms with Gasteiger partial charge < -0.3 is 13.8 Å². The van der Waals surface area contributed by atoms with Gasteiger partial charge >= 0.3 is 0 Å². The van der Waals surface area contributed by atoms with Gasteiger partial charge in [-0.3, -0.25) is 0 Å². The fourth-order valence-electron chi connectivity index (χ4n) is 0.787. The molecule has 3 unspecified atom stereocenters. The Labute approximate surface area is 64.7 Å². The Morgan fingerprint density at radius 3 is 2.90 bits per heavy atom. The summed E-state index contributed by atoms with van der Waals surface area (Å²) in [4.78, 5) is 0. The zero-order chi connectivity index (χ0) is 7.40. The summed E-state index contributed by atoms with van der Waals surface area (Å²) < 4.78 is 15.0. The Morgan fingerprint density at radius 1 is 1.50 bits per heavy atom. The minimum atomic E-state index is -0.00463. The van der Waals surface area contributed by atoms with Gasteiger partial charge in [-0.05, 0) is 6.08 Å². The molecule has 1 aliphatic rings. The van der Waals surface area contributed by atoms with Gasteiger partial charge in [0.15, 0.2) is 6.10 Å². The highest BCUT2D eigenvalue weighted by atomic mass is 31.0. The zero-order valence-corrected chi connectivity index (χ0v) is 7.71. The van der Waals surface area contributed by atoms with E-state index in [2.05, 4.69) is 18.9 Å². The van der Waals surface area contributed by atoms with E-state index in [4.69, 9.17) is 13.8 Å². The van der Waals surface area contributed by atoms with Crippen LogP contribution in [0.5, 0.6) is 0 Å². The number of hydrogen-bond acceptors (Lipinski definition) is 3. The fourth-order valence-corrected chi connectivity index (χ4v) is 1.24. The van der Waals surface area contributed by atoms with Crippen molar-refractivity contribution in [1.29, 1.82) is 0 Å². The van der Waals surface area contributed by atoms with E-state index in [1.54, 1.807) is 6.26 Å². The first-order chi connectivity index (χ1) is 4.88. The van der Waals surface area contributed by atoms with Gasteiger partial charge in [0.2, 0.25) is 0 Å². The summed E-state index contributed by atoms with van der Waals surface area (Å²) in [7, 11) is 4.38. The Kier molecular flexibility index (Phi) is 3.58. The first-order valence-corrected chi connectivity index (χ1v) is 3.82. The third-order valence-electron chi connectivity index (χ3n) is 1.31. The number of rotatable bonds is 3. The van der Waals surface area contributed by atoms with E-state index < -0.39 is 0 Å². The maximum atomic E-state index is 5.14. The van der Waals surface area contributed by atoms with E-state index in [9.17, 15) is 0 Å². The topological polar surface area (TPSA) is 27.7 Å². The van der Waals surface area contributed by atoms with Crippen LogP contribution in [-0.2, 0) is 13.8 Å². The largest absolute Gasteiger partial charge is 0.493 e. The van der Waals surface area contributed by atoms with Crippen LogP contribution in [0.25, 0.3) is 0 Å². The van der Waals surface area contributed by atoms with Crippen LogP contribution in [0.3, 0.4) is 0 Å². The molecule has 10 heavy (non-hydrogen) atoms. The van der Waals surface area contributed by atoms with Gasteiger partial charge in [-0.25, -0.2) is 0 Å². The normalized spacial score (nSPS) is 30.6. The SMILES string of the molecule is POCC1OC=C[C@H]1OP. The van der Waals surface area contributed by atoms with Crippen molar-refractivity contribution in [2.45, 2.75) is 12.2 Å². The second-order valence-corrected chi connectivity index (χ2v) is 2.54. The molecule has 1 aliphatic heterocycles. The molecule has 0 bridgehead atoms. The molecule has 0 spiro atoms. The molecule has 3 nitrogen and oxygen atoms in total. The average molecular weight is 180 g/mol.